The summed E-state index contributed by atoms with van der Waals surface area (Å²) in [5.74, 6) is 0.501. The molecule has 4 nitrogen and oxygen atoms in total. The largest absolute Gasteiger partial charge is 0.357 e. The van der Waals surface area contributed by atoms with E-state index in [1.54, 1.807) is 19.1 Å². The minimum Gasteiger partial charge on any atom is -0.357 e. The maximum atomic E-state index is 13.8. The van der Waals surface area contributed by atoms with Crippen LogP contribution in [0.4, 0.5) is 4.39 Å². The summed E-state index contributed by atoms with van der Waals surface area (Å²) in [6, 6.07) is 11.1. The Morgan fingerprint density at radius 2 is 2.00 bits per heavy atom. The van der Waals surface area contributed by atoms with Crippen molar-refractivity contribution < 1.29 is 4.39 Å². The zero-order chi connectivity index (χ0) is 17.5. The van der Waals surface area contributed by atoms with Gasteiger partial charge in [-0.05, 0) is 57.0 Å². The van der Waals surface area contributed by atoms with E-state index in [9.17, 15) is 4.39 Å². The fourth-order valence-electron chi connectivity index (χ4n) is 2.33. The molecule has 0 fully saturated rings. The van der Waals surface area contributed by atoms with Crippen molar-refractivity contribution >= 4 is 29.9 Å². The van der Waals surface area contributed by atoms with Crippen molar-refractivity contribution in [2.45, 2.75) is 40.3 Å². The Balaban J connectivity index is 0.00000312. The number of aliphatic imine (C=N–C) groups is 1. The smallest absolute Gasteiger partial charge is 0.192 e. The number of nitrogens with zero attached hydrogens (tertiary/aromatic N) is 2. The summed E-state index contributed by atoms with van der Waals surface area (Å²) in [5, 5.41) is 6.52. The molecule has 0 aliphatic carbocycles. The van der Waals surface area contributed by atoms with Gasteiger partial charge in [-0.2, -0.15) is 0 Å². The first kappa shape index (κ1) is 21.3. The minimum atomic E-state index is -0.188. The van der Waals surface area contributed by atoms with Crippen LogP contribution >= 0.6 is 24.0 Å². The van der Waals surface area contributed by atoms with Crippen LogP contribution in [0.5, 0.6) is 0 Å². The first-order valence-corrected chi connectivity index (χ1v) is 8.23. The van der Waals surface area contributed by atoms with Gasteiger partial charge in [-0.25, -0.2) is 9.38 Å². The SMILES string of the molecule is CCNC(=NCc1cccc(C)n1)NC(C)c1ccc(C)c(F)c1.I. The molecule has 0 saturated carbocycles. The Morgan fingerprint density at radius 3 is 2.64 bits per heavy atom. The summed E-state index contributed by atoms with van der Waals surface area (Å²) in [6.07, 6.45) is 0. The van der Waals surface area contributed by atoms with Gasteiger partial charge in [-0.3, -0.25) is 4.98 Å². The number of aryl methyl sites for hydroxylation is 2. The molecule has 0 saturated heterocycles. The highest BCUT2D eigenvalue weighted by Gasteiger charge is 2.09. The van der Waals surface area contributed by atoms with Gasteiger partial charge < -0.3 is 10.6 Å². The molecule has 0 aliphatic rings. The molecule has 0 aliphatic heterocycles. The predicted molar refractivity (Wildman–Crippen MR) is 112 cm³/mol. The lowest BCUT2D eigenvalue weighted by atomic mass is 10.1. The minimum absolute atomic E-state index is 0. The Labute approximate surface area is 166 Å². The van der Waals surface area contributed by atoms with E-state index in [1.165, 1.54) is 0 Å². The van der Waals surface area contributed by atoms with Gasteiger partial charge in [-0.15, -0.1) is 24.0 Å². The second kappa shape index (κ2) is 10.3. The monoisotopic (exact) mass is 456 g/mol. The maximum absolute atomic E-state index is 13.8. The van der Waals surface area contributed by atoms with E-state index < -0.39 is 0 Å². The molecule has 2 N–H and O–H groups in total. The van der Waals surface area contributed by atoms with Gasteiger partial charge in [0, 0.05) is 12.2 Å². The Kier molecular flexibility index (Phi) is 8.82. The van der Waals surface area contributed by atoms with E-state index in [2.05, 4.69) is 20.6 Å². The molecular weight excluding hydrogens is 430 g/mol. The van der Waals surface area contributed by atoms with Crippen LogP contribution in [0.2, 0.25) is 0 Å². The topological polar surface area (TPSA) is 49.3 Å². The molecule has 0 bridgehead atoms. The van der Waals surface area contributed by atoms with Crippen LogP contribution in [-0.4, -0.2) is 17.5 Å². The second-order valence-corrected chi connectivity index (χ2v) is 5.84. The summed E-state index contributed by atoms with van der Waals surface area (Å²) in [4.78, 5) is 9.02. The number of guanidine groups is 1. The molecule has 1 aromatic carbocycles. The van der Waals surface area contributed by atoms with Gasteiger partial charge in [0.25, 0.3) is 0 Å². The molecule has 1 aromatic heterocycles. The van der Waals surface area contributed by atoms with Crippen LogP contribution in [-0.2, 0) is 6.54 Å². The summed E-state index contributed by atoms with van der Waals surface area (Å²) < 4.78 is 13.8. The van der Waals surface area contributed by atoms with Gasteiger partial charge in [0.15, 0.2) is 5.96 Å². The molecule has 0 spiro atoms. The second-order valence-electron chi connectivity index (χ2n) is 5.84. The number of pyridine rings is 1. The number of hydrogen-bond acceptors (Lipinski definition) is 2. The highest BCUT2D eigenvalue weighted by Crippen LogP contribution is 2.16. The summed E-state index contributed by atoms with van der Waals surface area (Å²) in [6.45, 7) is 8.97. The Morgan fingerprint density at radius 1 is 1.24 bits per heavy atom. The Bertz CT molecular complexity index is 718. The van der Waals surface area contributed by atoms with Crippen molar-refractivity contribution in [1.29, 1.82) is 0 Å². The van der Waals surface area contributed by atoms with Crippen LogP contribution in [0.25, 0.3) is 0 Å². The lowest BCUT2D eigenvalue weighted by Gasteiger charge is -2.18. The number of rotatable bonds is 5. The third kappa shape index (κ3) is 6.61. The van der Waals surface area contributed by atoms with Crippen LogP contribution in [0.1, 0.15) is 42.4 Å². The molecular formula is C19H26FIN4. The molecule has 25 heavy (non-hydrogen) atoms. The fraction of sp³-hybridized carbons (Fsp3) is 0.368. The third-order valence-electron chi connectivity index (χ3n) is 3.74. The van der Waals surface area contributed by atoms with Gasteiger partial charge in [-0.1, -0.05) is 18.2 Å². The molecule has 0 amide bonds. The van der Waals surface area contributed by atoms with Crippen LogP contribution in [0.15, 0.2) is 41.4 Å². The average molecular weight is 456 g/mol. The van der Waals surface area contributed by atoms with Crippen molar-refractivity contribution in [2.75, 3.05) is 6.54 Å². The first-order valence-electron chi connectivity index (χ1n) is 8.23. The lowest BCUT2D eigenvalue weighted by Crippen LogP contribution is -2.38. The standard InChI is InChI=1S/C19H25FN4.HI/c1-5-21-19(22-12-17-8-6-7-14(3)23-17)24-15(4)16-10-9-13(2)18(20)11-16;/h6-11,15H,5,12H2,1-4H3,(H2,21,22,24);1H. The molecule has 1 atom stereocenters. The molecule has 6 heteroatoms. The average Bonchev–Trinajstić information content (AvgIpc) is 2.55. The third-order valence-corrected chi connectivity index (χ3v) is 3.74. The van der Waals surface area contributed by atoms with E-state index in [0.717, 1.165) is 23.5 Å². The molecule has 1 unspecified atom stereocenters. The highest BCUT2D eigenvalue weighted by molar-refractivity contribution is 14.0. The zero-order valence-electron chi connectivity index (χ0n) is 15.1. The summed E-state index contributed by atoms with van der Waals surface area (Å²) in [7, 11) is 0. The number of aromatic nitrogens is 1. The maximum Gasteiger partial charge on any atom is 0.192 e. The van der Waals surface area contributed by atoms with E-state index in [4.69, 9.17) is 0 Å². The van der Waals surface area contributed by atoms with Crippen molar-refractivity contribution in [3.63, 3.8) is 0 Å². The van der Waals surface area contributed by atoms with Crippen molar-refractivity contribution in [3.05, 3.63) is 64.7 Å². The number of hydrogen-bond donors (Lipinski definition) is 2. The zero-order valence-corrected chi connectivity index (χ0v) is 17.5. The van der Waals surface area contributed by atoms with Crippen molar-refractivity contribution in [3.8, 4) is 0 Å². The van der Waals surface area contributed by atoms with Gasteiger partial charge in [0.05, 0.1) is 18.3 Å². The molecule has 2 rings (SSSR count). The molecule has 0 radical (unpaired) electrons. The van der Waals surface area contributed by atoms with Crippen LogP contribution in [0.3, 0.4) is 0 Å². The summed E-state index contributed by atoms with van der Waals surface area (Å²) in [5.41, 5.74) is 3.43. The quantitative estimate of drug-likeness (QED) is 0.402. The highest BCUT2D eigenvalue weighted by atomic mass is 127. The number of halogens is 2. The molecule has 2 aromatic rings. The van der Waals surface area contributed by atoms with Crippen molar-refractivity contribution in [1.82, 2.24) is 15.6 Å². The summed E-state index contributed by atoms with van der Waals surface area (Å²) >= 11 is 0. The van der Waals surface area contributed by atoms with Gasteiger partial charge in [0.1, 0.15) is 5.82 Å². The molecule has 136 valence electrons. The van der Waals surface area contributed by atoms with E-state index in [-0.39, 0.29) is 35.8 Å². The van der Waals surface area contributed by atoms with Crippen LogP contribution < -0.4 is 10.6 Å². The van der Waals surface area contributed by atoms with E-state index in [0.29, 0.717) is 18.1 Å². The number of benzene rings is 1. The molecule has 1 heterocycles. The Hall–Kier alpha value is -1.70. The van der Waals surface area contributed by atoms with E-state index in [1.807, 2.05) is 45.0 Å². The predicted octanol–water partition coefficient (Wildman–Crippen LogP) is 4.27. The first-order chi connectivity index (χ1) is 11.5. The normalized spacial score (nSPS) is 12.3. The number of nitrogens with one attached hydrogen (secondary N) is 2. The van der Waals surface area contributed by atoms with E-state index >= 15 is 0 Å². The van der Waals surface area contributed by atoms with Gasteiger partial charge in [0.2, 0.25) is 0 Å². The lowest BCUT2D eigenvalue weighted by molar-refractivity contribution is 0.607. The van der Waals surface area contributed by atoms with Crippen molar-refractivity contribution in [2.24, 2.45) is 4.99 Å². The van der Waals surface area contributed by atoms with Crippen LogP contribution in [0, 0.1) is 19.7 Å². The van der Waals surface area contributed by atoms with Gasteiger partial charge >= 0.3 is 0 Å². The fourth-order valence-corrected chi connectivity index (χ4v) is 2.33.